The second-order valence-electron chi connectivity index (χ2n) is 5.06. The zero-order valence-corrected chi connectivity index (χ0v) is 13.4. The van der Waals surface area contributed by atoms with Crippen molar-refractivity contribution in [3.05, 3.63) is 41.4 Å². The van der Waals surface area contributed by atoms with Crippen LogP contribution in [0.1, 0.15) is 38.7 Å². The van der Waals surface area contributed by atoms with Gasteiger partial charge in [-0.1, -0.05) is 24.6 Å². The molecule has 0 amide bonds. The molecule has 0 radical (unpaired) electrons. The highest BCUT2D eigenvalue weighted by atomic mass is 35.5. The van der Waals surface area contributed by atoms with Crippen molar-refractivity contribution in [1.82, 2.24) is 5.32 Å². The third-order valence-electron chi connectivity index (χ3n) is 3.32. The normalized spacial score (nSPS) is 12.2. The molecule has 1 aromatic rings. The molecular formula is C17H26ClNO. The van der Waals surface area contributed by atoms with Crippen LogP contribution in [0.5, 0.6) is 5.75 Å². The fraction of sp³-hybridized carbons (Fsp3) is 0.529. The highest BCUT2D eigenvalue weighted by Gasteiger charge is 2.03. The van der Waals surface area contributed by atoms with Gasteiger partial charge in [0.1, 0.15) is 5.75 Å². The SMILES string of the molecule is C=CCc1cc(Cl)ccc1OCCCCNC(C)CC. The summed E-state index contributed by atoms with van der Waals surface area (Å²) in [4.78, 5) is 0. The van der Waals surface area contributed by atoms with E-state index in [4.69, 9.17) is 16.3 Å². The van der Waals surface area contributed by atoms with Gasteiger partial charge < -0.3 is 10.1 Å². The van der Waals surface area contributed by atoms with Gasteiger partial charge >= 0.3 is 0 Å². The number of halogens is 1. The summed E-state index contributed by atoms with van der Waals surface area (Å²) in [5.74, 6) is 0.921. The number of unbranched alkanes of at least 4 members (excludes halogenated alkanes) is 1. The average Bonchev–Trinajstić information content (AvgIpc) is 2.44. The third-order valence-corrected chi connectivity index (χ3v) is 3.56. The Kier molecular flexibility index (Phi) is 8.40. The Bertz CT molecular complexity index is 406. The lowest BCUT2D eigenvalue weighted by Crippen LogP contribution is -2.26. The lowest BCUT2D eigenvalue weighted by Gasteiger charge is -2.12. The zero-order valence-electron chi connectivity index (χ0n) is 12.6. The van der Waals surface area contributed by atoms with Crippen molar-refractivity contribution in [3.8, 4) is 5.75 Å². The minimum atomic E-state index is 0.603. The van der Waals surface area contributed by atoms with Gasteiger partial charge in [-0.15, -0.1) is 6.58 Å². The minimum Gasteiger partial charge on any atom is -0.493 e. The molecule has 3 heteroatoms. The summed E-state index contributed by atoms with van der Waals surface area (Å²) in [6.07, 6.45) is 6.01. The van der Waals surface area contributed by atoms with E-state index in [2.05, 4.69) is 25.7 Å². The number of benzene rings is 1. The molecule has 20 heavy (non-hydrogen) atoms. The van der Waals surface area contributed by atoms with E-state index in [1.165, 1.54) is 6.42 Å². The second-order valence-corrected chi connectivity index (χ2v) is 5.50. The molecule has 0 aromatic heterocycles. The summed E-state index contributed by atoms with van der Waals surface area (Å²) in [7, 11) is 0. The molecular weight excluding hydrogens is 270 g/mol. The fourth-order valence-corrected chi connectivity index (χ4v) is 2.10. The standard InChI is InChI=1S/C17H26ClNO/c1-4-8-15-13-16(18)9-10-17(15)20-12-7-6-11-19-14(3)5-2/h4,9-10,13-14,19H,1,5-8,11-12H2,2-3H3. The first-order valence-corrected chi connectivity index (χ1v) is 7.80. The van der Waals surface area contributed by atoms with Gasteiger partial charge in [-0.2, -0.15) is 0 Å². The predicted octanol–water partition coefficient (Wildman–Crippen LogP) is 4.62. The number of hydrogen-bond acceptors (Lipinski definition) is 2. The average molecular weight is 296 g/mol. The number of allylic oxidation sites excluding steroid dienone is 1. The summed E-state index contributed by atoms with van der Waals surface area (Å²) in [5.41, 5.74) is 1.10. The quantitative estimate of drug-likeness (QED) is 0.502. The molecule has 0 bridgehead atoms. The molecule has 112 valence electrons. The Morgan fingerprint density at radius 2 is 2.20 bits per heavy atom. The molecule has 0 heterocycles. The van der Waals surface area contributed by atoms with Crippen molar-refractivity contribution < 1.29 is 4.74 Å². The molecule has 0 aliphatic carbocycles. The predicted molar refractivity (Wildman–Crippen MR) is 87.8 cm³/mol. The van der Waals surface area contributed by atoms with Gasteiger partial charge in [-0.05, 0) is 62.9 Å². The Hall–Kier alpha value is -0.990. The number of ether oxygens (including phenoxy) is 1. The first-order chi connectivity index (χ1) is 9.67. The smallest absolute Gasteiger partial charge is 0.122 e. The molecule has 0 aliphatic rings. The van der Waals surface area contributed by atoms with E-state index >= 15 is 0 Å². The lowest BCUT2D eigenvalue weighted by atomic mass is 10.1. The summed E-state index contributed by atoms with van der Waals surface area (Å²) in [6, 6.07) is 6.36. The molecule has 0 aliphatic heterocycles. The molecule has 0 saturated heterocycles. The highest BCUT2D eigenvalue weighted by molar-refractivity contribution is 6.30. The number of nitrogens with one attached hydrogen (secondary N) is 1. The molecule has 1 atom stereocenters. The van der Waals surface area contributed by atoms with Crippen molar-refractivity contribution in [3.63, 3.8) is 0 Å². The Balaban J connectivity index is 2.29. The largest absolute Gasteiger partial charge is 0.493 e. The van der Waals surface area contributed by atoms with E-state index in [1.807, 2.05) is 24.3 Å². The van der Waals surface area contributed by atoms with Crippen LogP contribution >= 0.6 is 11.6 Å². The van der Waals surface area contributed by atoms with Gasteiger partial charge in [-0.3, -0.25) is 0 Å². The maximum absolute atomic E-state index is 6.00. The Labute approximate surface area is 128 Å². The van der Waals surface area contributed by atoms with E-state index in [0.717, 1.165) is 48.7 Å². The molecule has 1 N–H and O–H groups in total. The van der Waals surface area contributed by atoms with Gasteiger partial charge in [0, 0.05) is 11.1 Å². The van der Waals surface area contributed by atoms with Crippen LogP contribution in [-0.2, 0) is 6.42 Å². The molecule has 1 rings (SSSR count). The van der Waals surface area contributed by atoms with Crippen LogP contribution in [0.4, 0.5) is 0 Å². The third kappa shape index (κ3) is 6.44. The Morgan fingerprint density at radius 1 is 1.40 bits per heavy atom. The molecule has 0 fully saturated rings. The highest BCUT2D eigenvalue weighted by Crippen LogP contribution is 2.23. The molecule has 2 nitrogen and oxygen atoms in total. The van der Waals surface area contributed by atoms with Crippen LogP contribution in [0.3, 0.4) is 0 Å². The van der Waals surface area contributed by atoms with E-state index in [9.17, 15) is 0 Å². The topological polar surface area (TPSA) is 21.3 Å². The molecule has 1 aromatic carbocycles. The van der Waals surface area contributed by atoms with Gasteiger partial charge in [0.25, 0.3) is 0 Å². The monoisotopic (exact) mass is 295 g/mol. The van der Waals surface area contributed by atoms with E-state index in [0.29, 0.717) is 6.04 Å². The summed E-state index contributed by atoms with van der Waals surface area (Å²) in [5, 5.41) is 4.23. The van der Waals surface area contributed by atoms with Crippen LogP contribution in [0.15, 0.2) is 30.9 Å². The fourth-order valence-electron chi connectivity index (χ4n) is 1.91. The van der Waals surface area contributed by atoms with Crippen LogP contribution in [0.2, 0.25) is 5.02 Å². The van der Waals surface area contributed by atoms with Crippen LogP contribution < -0.4 is 10.1 Å². The summed E-state index contributed by atoms with van der Waals surface area (Å²) < 4.78 is 5.84. The first kappa shape index (κ1) is 17.1. The van der Waals surface area contributed by atoms with E-state index in [-0.39, 0.29) is 0 Å². The summed E-state index contributed by atoms with van der Waals surface area (Å²) >= 11 is 6.00. The van der Waals surface area contributed by atoms with Gasteiger partial charge in [0.15, 0.2) is 0 Å². The van der Waals surface area contributed by atoms with E-state index < -0.39 is 0 Å². The second kappa shape index (κ2) is 9.84. The van der Waals surface area contributed by atoms with E-state index in [1.54, 1.807) is 0 Å². The molecule has 0 saturated carbocycles. The minimum absolute atomic E-state index is 0.603. The van der Waals surface area contributed by atoms with Gasteiger partial charge in [0.2, 0.25) is 0 Å². The first-order valence-electron chi connectivity index (χ1n) is 7.42. The molecule has 1 unspecified atom stereocenters. The van der Waals surface area contributed by atoms with Gasteiger partial charge in [0.05, 0.1) is 6.61 Å². The molecule has 0 spiro atoms. The maximum atomic E-state index is 6.00. The van der Waals surface area contributed by atoms with Crippen LogP contribution in [-0.4, -0.2) is 19.2 Å². The van der Waals surface area contributed by atoms with Gasteiger partial charge in [-0.25, -0.2) is 0 Å². The van der Waals surface area contributed by atoms with Crippen molar-refractivity contribution >= 4 is 11.6 Å². The van der Waals surface area contributed by atoms with Crippen molar-refractivity contribution in [2.24, 2.45) is 0 Å². The lowest BCUT2D eigenvalue weighted by molar-refractivity contribution is 0.302. The number of rotatable bonds is 10. The van der Waals surface area contributed by atoms with Crippen molar-refractivity contribution in [1.29, 1.82) is 0 Å². The van der Waals surface area contributed by atoms with Crippen molar-refractivity contribution in [2.75, 3.05) is 13.2 Å². The van der Waals surface area contributed by atoms with Crippen LogP contribution in [0, 0.1) is 0 Å². The van der Waals surface area contributed by atoms with Crippen molar-refractivity contribution in [2.45, 2.75) is 45.6 Å². The summed E-state index contributed by atoms with van der Waals surface area (Å²) in [6.45, 7) is 9.97. The Morgan fingerprint density at radius 3 is 2.90 bits per heavy atom. The maximum Gasteiger partial charge on any atom is 0.122 e. The van der Waals surface area contributed by atoms with Crippen LogP contribution in [0.25, 0.3) is 0 Å². The number of hydrogen-bond donors (Lipinski definition) is 1. The zero-order chi connectivity index (χ0) is 14.8.